The Kier molecular flexibility index (Phi) is 2.33. The van der Waals surface area contributed by atoms with Gasteiger partial charge in [0, 0.05) is 0 Å². The Morgan fingerprint density at radius 1 is 1.62 bits per heavy atom. The molecular weight excluding hydrogens is 134 g/mol. The maximum atomic E-state index is 9.95. The predicted molar refractivity (Wildman–Crippen MR) is 24.1 cm³/mol. The minimum absolute atomic E-state index is 0.821. The molecule has 0 saturated carbocycles. The van der Waals surface area contributed by atoms with Crippen molar-refractivity contribution in [3.05, 3.63) is 0 Å². The molecule has 0 rings (SSSR count). The highest BCUT2D eigenvalue weighted by molar-refractivity contribution is 7.85. The summed E-state index contributed by atoms with van der Waals surface area (Å²) in [5.74, 6) is 0. The van der Waals surface area contributed by atoms with E-state index in [2.05, 4.69) is 8.58 Å². The summed E-state index contributed by atoms with van der Waals surface area (Å²) in [4.78, 5) is 9.23. The molecule has 0 aromatic carbocycles. The van der Waals surface area contributed by atoms with E-state index >= 15 is 0 Å². The summed E-state index contributed by atoms with van der Waals surface area (Å²) in [7, 11) is -3.07. The third kappa shape index (κ3) is 2.46. The Bertz CT molecular complexity index is 198. The van der Waals surface area contributed by atoms with Crippen molar-refractivity contribution < 1.29 is 17.4 Å². The molecule has 0 atom stereocenters. The van der Waals surface area contributed by atoms with Crippen LogP contribution in [0.25, 0.3) is 0 Å². The molecule has 46 valence electrons. The molecule has 0 heterocycles. The molecule has 0 unspecified atom stereocenters. The van der Waals surface area contributed by atoms with Gasteiger partial charge in [0.2, 0.25) is 0 Å². The Balaban J connectivity index is 4.41. The van der Waals surface area contributed by atoms with Crippen molar-refractivity contribution >= 4 is 16.4 Å². The molecule has 5 nitrogen and oxygen atoms in total. The molecule has 0 bridgehead atoms. The van der Waals surface area contributed by atoms with Gasteiger partial charge >= 0.3 is 10.3 Å². The Hall–Kier alpha value is -0.710. The van der Waals surface area contributed by atoms with E-state index in [1.165, 1.54) is 0 Å². The lowest BCUT2D eigenvalue weighted by Gasteiger charge is -1.83. The lowest BCUT2D eigenvalue weighted by molar-refractivity contribution is 0.399. The molecule has 0 radical (unpaired) electrons. The van der Waals surface area contributed by atoms with E-state index < -0.39 is 10.3 Å². The molecule has 8 heavy (non-hydrogen) atoms. The molecule has 0 N–H and O–H groups in total. The first-order chi connectivity index (χ1) is 3.62. The zero-order chi connectivity index (χ0) is 6.62. The van der Waals surface area contributed by atoms with Gasteiger partial charge in [0.25, 0.3) is 6.08 Å². The highest BCUT2D eigenvalue weighted by atomic mass is 32.2. The van der Waals surface area contributed by atoms with Gasteiger partial charge in [-0.25, -0.2) is 4.79 Å². The summed E-state index contributed by atoms with van der Waals surface area (Å²) >= 11 is 0. The maximum Gasteiger partial charge on any atom is 0.391 e. The Labute approximate surface area is 46.2 Å². The Morgan fingerprint density at radius 3 is 2.25 bits per heavy atom. The van der Waals surface area contributed by atoms with E-state index in [4.69, 9.17) is 0 Å². The van der Waals surface area contributed by atoms with Gasteiger partial charge in [0.1, 0.15) is 0 Å². The summed E-state index contributed by atoms with van der Waals surface area (Å²) < 4.78 is 25.9. The van der Waals surface area contributed by atoms with Crippen LogP contribution in [0.15, 0.2) is 4.40 Å². The molecule has 0 aliphatic rings. The van der Waals surface area contributed by atoms with E-state index in [1.807, 2.05) is 0 Å². The second-order valence-electron chi connectivity index (χ2n) is 0.777. The summed E-state index contributed by atoms with van der Waals surface area (Å²) in [6.45, 7) is 0. The molecule has 0 fully saturated rings. The normalized spacial score (nSPS) is 10.1. The lowest BCUT2D eigenvalue weighted by Crippen LogP contribution is -1.95. The number of carbonyl (C=O) groups excluding carboxylic acids is 1. The molecule has 0 saturated heterocycles. The van der Waals surface area contributed by atoms with E-state index in [0.717, 1.165) is 13.2 Å². The molecule has 0 aromatic rings. The van der Waals surface area contributed by atoms with E-state index in [9.17, 15) is 13.2 Å². The van der Waals surface area contributed by atoms with Crippen LogP contribution in [-0.4, -0.2) is 21.6 Å². The van der Waals surface area contributed by atoms with Crippen molar-refractivity contribution in [3.8, 4) is 0 Å². The van der Waals surface area contributed by atoms with Gasteiger partial charge < -0.3 is 0 Å². The smallest absolute Gasteiger partial charge is 0.255 e. The van der Waals surface area contributed by atoms with E-state index in [0.29, 0.717) is 0 Å². The molecular formula is C2H3NO4S. The zero-order valence-electron chi connectivity index (χ0n) is 3.99. The molecule has 0 aliphatic heterocycles. The standard InChI is InChI=1S/C2H3NO4S/c1-7-8(5,6)3-2-4/h1H3. The van der Waals surface area contributed by atoms with Gasteiger partial charge in [-0.05, 0) is 0 Å². The largest absolute Gasteiger partial charge is 0.391 e. The van der Waals surface area contributed by atoms with E-state index in [-0.39, 0.29) is 0 Å². The quantitative estimate of drug-likeness (QED) is 0.369. The van der Waals surface area contributed by atoms with Crippen LogP contribution in [0.5, 0.6) is 0 Å². The van der Waals surface area contributed by atoms with Gasteiger partial charge in [-0.15, -0.1) is 0 Å². The van der Waals surface area contributed by atoms with Crippen LogP contribution in [0.1, 0.15) is 0 Å². The first-order valence-corrected chi connectivity index (χ1v) is 2.88. The first kappa shape index (κ1) is 7.29. The van der Waals surface area contributed by atoms with Crippen LogP contribution >= 0.6 is 0 Å². The van der Waals surface area contributed by atoms with Crippen LogP contribution < -0.4 is 0 Å². The summed E-state index contributed by atoms with van der Waals surface area (Å²) in [5.41, 5.74) is 0. The molecule has 0 amide bonds. The van der Waals surface area contributed by atoms with Crippen LogP contribution in [0, 0.1) is 0 Å². The van der Waals surface area contributed by atoms with Crippen molar-refractivity contribution in [2.24, 2.45) is 4.40 Å². The van der Waals surface area contributed by atoms with Crippen LogP contribution in [0.4, 0.5) is 0 Å². The zero-order valence-corrected chi connectivity index (χ0v) is 4.80. The fourth-order valence-corrected chi connectivity index (χ4v) is 0.249. The van der Waals surface area contributed by atoms with Gasteiger partial charge in [-0.2, -0.15) is 8.42 Å². The highest BCUT2D eigenvalue weighted by Crippen LogP contribution is 1.86. The van der Waals surface area contributed by atoms with Crippen molar-refractivity contribution in [2.75, 3.05) is 7.11 Å². The minimum atomic E-state index is -3.97. The second kappa shape index (κ2) is 2.56. The molecule has 0 spiro atoms. The highest BCUT2D eigenvalue weighted by Gasteiger charge is 2.01. The minimum Gasteiger partial charge on any atom is -0.255 e. The summed E-state index contributed by atoms with van der Waals surface area (Å²) in [6.07, 6.45) is 0.821. The third-order valence-corrected chi connectivity index (χ3v) is 1.08. The van der Waals surface area contributed by atoms with Crippen molar-refractivity contribution in [1.29, 1.82) is 0 Å². The monoisotopic (exact) mass is 137 g/mol. The number of nitrogens with zero attached hydrogens (tertiary/aromatic N) is 1. The van der Waals surface area contributed by atoms with Crippen molar-refractivity contribution in [3.63, 3.8) is 0 Å². The van der Waals surface area contributed by atoms with Gasteiger partial charge in [-0.3, -0.25) is 4.18 Å². The maximum absolute atomic E-state index is 9.95. The topological polar surface area (TPSA) is 72.8 Å². The fraction of sp³-hybridized carbons (Fsp3) is 0.500. The second-order valence-corrected chi connectivity index (χ2v) is 2.15. The predicted octanol–water partition coefficient (Wildman–Crippen LogP) is -0.787. The number of hydrogen-bond acceptors (Lipinski definition) is 4. The van der Waals surface area contributed by atoms with Crippen molar-refractivity contribution in [2.45, 2.75) is 0 Å². The number of isocyanates is 1. The van der Waals surface area contributed by atoms with E-state index in [1.54, 1.807) is 0 Å². The van der Waals surface area contributed by atoms with Gasteiger partial charge in [-0.1, -0.05) is 4.40 Å². The van der Waals surface area contributed by atoms with Crippen LogP contribution in [-0.2, 0) is 19.3 Å². The SMILES string of the molecule is COS(=O)(=O)N=C=O. The van der Waals surface area contributed by atoms with Crippen LogP contribution in [0.2, 0.25) is 0 Å². The van der Waals surface area contributed by atoms with Gasteiger partial charge in [0.05, 0.1) is 7.11 Å². The van der Waals surface area contributed by atoms with Crippen molar-refractivity contribution in [1.82, 2.24) is 0 Å². The average molecular weight is 137 g/mol. The first-order valence-electron chi connectivity index (χ1n) is 1.52. The fourth-order valence-electron chi connectivity index (χ4n) is 0.0829. The summed E-state index contributed by atoms with van der Waals surface area (Å²) in [6, 6.07) is 0. The number of hydrogen-bond donors (Lipinski definition) is 0. The number of rotatable bonds is 2. The average Bonchev–Trinajstić information content (AvgIpc) is 1.67. The Morgan fingerprint density at radius 2 is 2.12 bits per heavy atom. The van der Waals surface area contributed by atoms with Crippen LogP contribution in [0.3, 0.4) is 0 Å². The van der Waals surface area contributed by atoms with Gasteiger partial charge in [0.15, 0.2) is 0 Å². The third-order valence-electron chi connectivity index (χ3n) is 0.360. The lowest BCUT2D eigenvalue weighted by atomic mass is 11.7. The molecule has 0 aromatic heterocycles. The molecule has 0 aliphatic carbocycles. The summed E-state index contributed by atoms with van der Waals surface area (Å²) in [5, 5.41) is 0. The molecule has 6 heteroatoms.